The van der Waals surface area contributed by atoms with Crippen LogP contribution in [0.5, 0.6) is 0 Å². The number of nitrogens with two attached hydrogens (primary N) is 1. The molecule has 1 saturated carbocycles. The van der Waals surface area contributed by atoms with Gasteiger partial charge in [0.2, 0.25) is 11.8 Å². The van der Waals surface area contributed by atoms with E-state index in [0.29, 0.717) is 11.6 Å². The molecule has 2 amide bonds. The second kappa shape index (κ2) is 4.87. The minimum absolute atomic E-state index is 0.0319. The molecular weight excluding hydrogens is 291 g/mol. The van der Waals surface area contributed by atoms with Crippen molar-refractivity contribution in [1.82, 2.24) is 0 Å². The van der Waals surface area contributed by atoms with Gasteiger partial charge in [-0.1, -0.05) is 19.1 Å². The molecule has 1 aromatic rings. The second-order valence-electron chi connectivity index (χ2n) is 5.83. The van der Waals surface area contributed by atoms with Gasteiger partial charge in [0.25, 0.3) is 0 Å². The molecule has 2 N–H and O–H groups in total. The van der Waals surface area contributed by atoms with Crippen molar-refractivity contribution in [2.45, 2.75) is 19.8 Å². The van der Waals surface area contributed by atoms with Crippen molar-refractivity contribution in [3.8, 4) is 0 Å². The molecule has 21 heavy (non-hydrogen) atoms. The number of anilines is 1. The van der Waals surface area contributed by atoms with E-state index < -0.39 is 5.82 Å². The van der Waals surface area contributed by atoms with Crippen molar-refractivity contribution in [3.05, 3.63) is 29.6 Å². The molecule has 2 unspecified atom stereocenters. The van der Waals surface area contributed by atoms with Gasteiger partial charge in [-0.3, -0.25) is 9.59 Å². The zero-order valence-electron chi connectivity index (χ0n) is 11.5. The number of fused-ring (bicyclic) bond motifs is 1. The van der Waals surface area contributed by atoms with Crippen LogP contribution in [-0.2, 0) is 9.59 Å². The molecule has 1 aliphatic carbocycles. The van der Waals surface area contributed by atoms with Crippen LogP contribution in [0.3, 0.4) is 0 Å². The van der Waals surface area contributed by atoms with Gasteiger partial charge in [-0.2, -0.15) is 0 Å². The zero-order chi connectivity index (χ0) is 15.3. The summed E-state index contributed by atoms with van der Waals surface area (Å²) in [7, 11) is 0. The number of hydrogen-bond donors (Lipinski definition) is 1. The van der Waals surface area contributed by atoms with E-state index in [1.165, 1.54) is 12.1 Å². The SMILES string of the molecule is CC1CC2C(=O)N(c3ccc(F)cc3C(N)=S)C(=O)C2C1. The molecule has 0 radical (unpaired) electrons. The van der Waals surface area contributed by atoms with Crippen LogP contribution in [0, 0.1) is 23.6 Å². The summed E-state index contributed by atoms with van der Waals surface area (Å²) in [5.41, 5.74) is 6.11. The standard InChI is InChI=1S/C15H15FN2O2S/c1-7-4-9-10(5-7)15(20)18(14(9)19)12-3-2-8(16)6-11(12)13(17)21/h2-3,6-7,9-10H,4-5H2,1H3,(H2,17,21). The highest BCUT2D eigenvalue weighted by Crippen LogP contribution is 2.44. The predicted molar refractivity (Wildman–Crippen MR) is 80.2 cm³/mol. The molecular formula is C15H15FN2O2S. The van der Waals surface area contributed by atoms with Crippen molar-refractivity contribution in [3.63, 3.8) is 0 Å². The minimum Gasteiger partial charge on any atom is -0.389 e. The number of imide groups is 1. The molecule has 0 aromatic heterocycles. The first-order valence-electron chi connectivity index (χ1n) is 6.87. The molecule has 3 rings (SSSR count). The Bertz CT molecular complexity index is 637. The van der Waals surface area contributed by atoms with Gasteiger partial charge >= 0.3 is 0 Å². The third-order valence-corrected chi connectivity index (χ3v) is 4.56. The highest BCUT2D eigenvalue weighted by atomic mass is 32.1. The molecule has 1 aromatic carbocycles. The van der Waals surface area contributed by atoms with E-state index in [0.717, 1.165) is 23.8 Å². The van der Waals surface area contributed by atoms with Crippen LogP contribution in [0.15, 0.2) is 18.2 Å². The molecule has 0 spiro atoms. The van der Waals surface area contributed by atoms with E-state index >= 15 is 0 Å². The van der Waals surface area contributed by atoms with Crippen molar-refractivity contribution >= 4 is 34.7 Å². The quantitative estimate of drug-likeness (QED) is 0.670. The van der Waals surface area contributed by atoms with Gasteiger partial charge in [0.1, 0.15) is 10.8 Å². The van der Waals surface area contributed by atoms with Gasteiger partial charge in [0.05, 0.1) is 17.5 Å². The molecule has 1 saturated heterocycles. The van der Waals surface area contributed by atoms with Crippen molar-refractivity contribution < 1.29 is 14.0 Å². The number of benzene rings is 1. The predicted octanol–water partition coefficient (Wildman–Crippen LogP) is 2.00. The maximum Gasteiger partial charge on any atom is 0.237 e. The monoisotopic (exact) mass is 306 g/mol. The van der Waals surface area contributed by atoms with Crippen LogP contribution in [0.2, 0.25) is 0 Å². The first-order valence-corrected chi connectivity index (χ1v) is 7.28. The fourth-order valence-electron chi connectivity index (χ4n) is 3.42. The van der Waals surface area contributed by atoms with E-state index in [2.05, 4.69) is 0 Å². The maximum atomic E-state index is 13.4. The van der Waals surface area contributed by atoms with Gasteiger partial charge in [-0.25, -0.2) is 9.29 Å². The molecule has 2 fully saturated rings. The minimum atomic E-state index is -0.505. The smallest absolute Gasteiger partial charge is 0.237 e. The second-order valence-corrected chi connectivity index (χ2v) is 6.27. The van der Waals surface area contributed by atoms with Gasteiger partial charge in [0, 0.05) is 5.56 Å². The first-order chi connectivity index (χ1) is 9.90. The normalized spacial score (nSPS) is 28.1. The van der Waals surface area contributed by atoms with E-state index in [4.69, 9.17) is 18.0 Å². The molecule has 2 aliphatic rings. The Labute approximate surface area is 127 Å². The molecule has 110 valence electrons. The lowest BCUT2D eigenvalue weighted by atomic mass is 10.00. The first kappa shape index (κ1) is 14.1. The molecule has 6 heteroatoms. The van der Waals surface area contributed by atoms with Crippen LogP contribution in [-0.4, -0.2) is 16.8 Å². The maximum absolute atomic E-state index is 13.4. The van der Waals surface area contributed by atoms with E-state index in [-0.39, 0.29) is 34.2 Å². The highest BCUT2D eigenvalue weighted by molar-refractivity contribution is 7.80. The fourth-order valence-corrected chi connectivity index (χ4v) is 3.58. The van der Waals surface area contributed by atoms with Gasteiger partial charge < -0.3 is 5.73 Å². The topological polar surface area (TPSA) is 63.4 Å². The number of halogens is 1. The number of amides is 2. The Morgan fingerprint density at radius 3 is 2.38 bits per heavy atom. The fraction of sp³-hybridized carbons (Fsp3) is 0.400. The Morgan fingerprint density at radius 1 is 1.29 bits per heavy atom. The van der Waals surface area contributed by atoms with Crippen LogP contribution >= 0.6 is 12.2 Å². The third kappa shape index (κ3) is 2.14. The van der Waals surface area contributed by atoms with Crippen LogP contribution < -0.4 is 10.6 Å². The number of nitrogens with zero attached hydrogens (tertiary/aromatic N) is 1. The molecule has 1 aliphatic heterocycles. The summed E-state index contributed by atoms with van der Waals surface area (Å²) in [5.74, 6) is -1.11. The Kier molecular flexibility index (Phi) is 3.28. The van der Waals surface area contributed by atoms with E-state index in [1.54, 1.807) is 0 Å². The van der Waals surface area contributed by atoms with E-state index in [1.807, 2.05) is 6.92 Å². The van der Waals surface area contributed by atoms with Crippen molar-refractivity contribution in [1.29, 1.82) is 0 Å². The lowest BCUT2D eigenvalue weighted by molar-refractivity contribution is -0.123. The lowest BCUT2D eigenvalue weighted by Gasteiger charge is -2.20. The third-order valence-electron chi connectivity index (χ3n) is 4.34. The summed E-state index contributed by atoms with van der Waals surface area (Å²) in [6.07, 6.45) is 1.44. The largest absolute Gasteiger partial charge is 0.389 e. The van der Waals surface area contributed by atoms with Crippen LogP contribution in [0.1, 0.15) is 25.3 Å². The summed E-state index contributed by atoms with van der Waals surface area (Å²) in [5, 5.41) is 0. The molecule has 2 atom stereocenters. The summed E-state index contributed by atoms with van der Waals surface area (Å²) < 4.78 is 13.4. The zero-order valence-corrected chi connectivity index (χ0v) is 12.3. The number of carbonyl (C=O) groups is 2. The van der Waals surface area contributed by atoms with Gasteiger partial charge in [-0.05, 0) is 37.0 Å². The van der Waals surface area contributed by atoms with Crippen LogP contribution in [0.25, 0.3) is 0 Å². The Morgan fingerprint density at radius 2 is 1.86 bits per heavy atom. The lowest BCUT2D eigenvalue weighted by Crippen LogP contribution is -2.34. The number of thiocarbonyl (C=S) groups is 1. The summed E-state index contributed by atoms with van der Waals surface area (Å²) >= 11 is 4.90. The number of carbonyl (C=O) groups excluding carboxylic acids is 2. The molecule has 1 heterocycles. The summed E-state index contributed by atoms with van der Waals surface area (Å²) in [4.78, 5) is 26.2. The van der Waals surface area contributed by atoms with Crippen LogP contribution in [0.4, 0.5) is 10.1 Å². The van der Waals surface area contributed by atoms with E-state index in [9.17, 15) is 14.0 Å². The molecule has 4 nitrogen and oxygen atoms in total. The Hall–Kier alpha value is -1.82. The average molecular weight is 306 g/mol. The van der Waals surface area contributed by atoms with Crippen molar-refractivity contribution in [2.24, 2.45) is 23.5 Å². The highest BCUT2D eigenvalue weighted by Gasteiger charge is 2.52. The molecule has 0 bridgehead atoms. The number of hydrogen-bond acceptors (Lipinski definition) is 3. The van der Waals surface area contributed by atoms with Gasteiger partial charge in [0.15, 0.2) is 0 Å². The van der Waals surface area contributed by atoms with Crippen molar-refractivity contribution in [2.75, 3.05) is 4.90 Å². The Balaban J connectivity index is 2.04. The summed E-state index contributed by atoms with van der Waals surface area (Å²) in [6, 6.07) is 3.76. The number of rotatable bonds is 2. The van der Waals surface area contributed by atoms with Gasteiger partial charge in [-0.15, -0.1) is 0 Å². The average Bonchev–Trinajstić information content (AvgIpc) is 2.90. The summed E-state index contributed by atoms with van der Waals surface area (Å²) in [6.45, 7) is 2.04.